The molecule has 1 aliphatic heterocycles. The van der Waals surface area contributed by atoms with E-state index in [1.165, 1.54) is 30.0 Å². The van der Waals surface area contributed by atoms with Gasteiger partial charge in [0.1, 0.15) is 5.75 Å². The maximum absolute atomic E-state index is 11.9. The second kappa shape index (κ2) is 9.70. The van der Waals surface area contributed by atoms with Gasteiger partial charge in [0.25, 0.3) is 11.6 Å². The molecular formula is C20H24N4O4. The average Bonchev–Trinajstić information content (AvgIpc) is 2.74. The molecule has 1 fully saturated rings. The van der Waals surface area contributed by atoms with Gasteiger partial charge in [0.15, 0.2) is 6.61 Å². The van der Waals surface area contributed by atoms with Gasteiger partial charge in [-0.25, -0.2) is 0 Å². The van der Waals surface area contributed by atoms with Crippen LogP contribution in [0.4, 0.5) is 11.4 Å². The predicted octanol–water partition coefficient (Wildman–Crippen LogP) is 1.91. The Hall–Kier alpha value is -3.13. The summed E-state index contributed by atoms with van der Waals surface area (Å²) in [5.41, 5.74) is 1.24. The predicted molar refractivity (Wildman–Crippen MR) is 107 cm³/mol. The Kier molecular flexibility index (Phi) is 6.80. The van der Waals surface area contributed by atoms with Crippen LogP contribution in [-0.4, -0.2) is 61.6 Å². The number of carbonyl (C=O) groups excluding carboxylic acids is 1. The number of nitro groups is 1. The minimum absolute atomic E-state index is 0.0100. The van der Waals surface area contributed by atoms with E-state index in [4.69, 9.17) is 4.74 Å². The number of carbonyl (C=O) groups is 1. The van der Waals surface area contributed by atoms with Crippen molar-refractivity contribution in [3.05, 3.63) is 64.7 Å². The number of piperazine rings is 1. The van der Waals surface area contributed by atoms with Gasteiger partial charge < -0.3 is 15.0 Å². The van der Waals surface area contributed by atoms with Crippen molar-refractivity contribution in [2.45, 2.75) is 0 Å². The highest BCUT2D eigenvalue weighted by Crippen LogP contribution is 2.17. The van der Waals surface area contributed by atoms with Crippen LogP contribution in [0.5, 0.6) is 5.75 Å². The second-order valence-electron chi connectivity index (χ2n) is 6.55. The van der Waals surface area contributed by atoms with Crippen LogP contribution in [0.15, 0.2) is 54.6 Å². The van der Waals surface area contributed by atoms with Crippen molar-refractivity contribution >= 4 is 17.3 Å². The van der Waals surface area contributed by atoms with E-state index in [0.717, 1.165) is 32.7 Å². The molecule has 8 nitrogen and oxygen atoms in total. The van der Waals surface area contributed by atoms with E-state index in [0.29, 0.717) is 12.3 Å². The minimum atomic E-state index is -0.476. The third-order valence-electron chi connectivity index (χ3n) is 4.66. The molecule has 0 aromatic heterocycles. The van der Waals surface area contributed by atoms with Crippen LogP contribution < -0.4 is 15.0 Å². The number of ether oxygens (including phenoxy) is 1. The summed E-state index contributed by atoms with van der Waals surface area (Å²) in [6, 6.07) is 16.0. The van der Waals surface area contributed by atoms with Crippen LogP contribution in [0.2, 0.25) is 0 Å². The zero-order valence-electron chi connectivity index (χ0n) is 15.6. The molecular weight excluding hydrogens is 360 g/mol. The molecule has 3 rings (SSSR count). The summed E-state index contributed by atoms with van der Waals surface area (Å²) >= 11 is 0. The molecule has 148 valence electrons. The van der Waals surface area contributed by atoms with Crippen molar-refractivity contribution in [1.82, 2.24) is 10.2 Å². The van der Waals surface area contributed by atoms with Crippen molar-refractivity contribution < 1.29 is 14.5 Å². The molecule has 1 N–H and O–H groups in total. The van der Waals surface area contributed by atoms with Crippen molar-refractivity contribution in [1.29, 1.82) is 0 Å². The van der Waals surface area contributed by atoms with Crippen LogP contribution in [0.3, 0.4) is 0 Å². The van der Waals surface area contributed by atoms with Gasteiger partial charge in [0.2, 0.25) is 0 Å². The van der Waals surface area contributed by atoms with E-state index in [1.54, 1.807) is 0 Å². The Balaban J connectivity index is 1.31. The normalized spacial score (nSPS) is 14.5. The monoisotopic (exact) mass is 384 g/mol. The fraction of sp³-hybridized carbons (Fsp3) is 0.350. The second-order valence-corrected chi connectivity index (χ2v) is 6.55. The summed E-state index contributed by atoms with van der Waals surface area (Å²) in [4.78, 5) is 26.7. The molecule has 1 amide bonds. The van der Waals surface area contributed by atoms with Gasteiger partial charge in [-0.15, -0.1) is 0 Å². The minimum Gasteiger partial charge on any atom is -0.484 e. The number of nitrogens with one attached hydrogen (secondary N) is 1. The number of rotatable bonds is 8. The maximum Gasteiger partial charge on any atom is 0.269 e. The van der Waals surface area contributed by atoms with Crippen molar-refractivity contribution in [3.63, 3.8) is 0 Å². The number of benzene rings is 2. The lowest BCUT2D eigenvalue weighted by Crippen LogP contribution is -2.48. The lowest BCUT2D eigenvalue weighted by Gasteiger charge is -2.36. The summed E-state index contributed by atoms with van der Waals surface area (Å²) in [5.74, 6) is 0.221. The number of hydrogen-bond donors (Lipinski definition) is 1. The molecule has 0 aliphatic carbocycles. The number of anilines is 1. The largest absolute Gasteiger partial charge is 0.484 e. The number of amides is 1. The Morgan fingerprint density at radius 3 is 2.36 bits per heavy atom. The van der Waals surface area contributed by atoms with E-state index < -0.39 is 4.92 Å². The lowest BCUT2D eigenvalue weighted by atomic mass is 10.2. The molecule has 0 bridgehead atoms. The van der Waals surface area contributed by atoms with Crippen molar-refractivity contribution in [2.24, 2.45) is 0 Å². The molecule has 0 unspecified atom stereocenters. The standard InChI is InChI=1S/C20H24N4O4/c25-20(16-28-19-8-6-18(7-9-19)24(26)27)21-10-11-22-12-14-23(15-13-22)17-4-2-1-3-5-17/h1-9H,10-16H2,(H,21,25). The van der Waals surface area contributed by atoms with Crippen molar-refractivity contribution in [2.75, 3.05) is 50.8 Å². The summed E-state index contributed by atoms with van der Waals surface area (Å²) < 4.78 is 5.35. The highest BCUT2D eigenvalue weighted by molar-refractivity contribution is 5.77. The maximum atomic E-state index is 11.9. The van der Waals surface area contributed by atoms with E-state index in [-0.39, 0.29) is 18.2 Å². The Labute approximate surface area is 163 Å². The molecule has 0 spiro atoms. The highest BCUT2D eigenvalue weighted by atomic mass is 16.6. The first-order valence-electron chi connectivity index (χ1n) is 9.28. The Morgan fingerprint density at radius 1 is 1.04 bits per heavy atom. The fourth-order valence-corrected chi connectivity index (χ4v) is 3.09. The van der Waals surface area contributed by atoms with Gasteiger partial charge in [-0.1, -0.05) is 18.2 Å². The Morgan fingerprint density at radius 2 is 1.71 bits per heavy atom. The van der Waals surface area contributed by atoms with Gasteiger partial charge in [0.05, 0.1) is 4.92 Å². The molecule has 0 atom stereocenters. The summed E-state index contributed by atoms with van der Waals surface area (Å²) in [5, 5.41) is 13.5. The van der Waals surface area contributed by atoms with E-state index in [2.05, 4.69) is 39.4 Å². The number of nitrogens with zero attached hydrogens (tertiary/aromatic N) is 3. The SMILES string of the molecule is O=C(COc1ccc([N+](=O)[O-])cc1)NCCN1CCN(c2ccccc2)CC1. The first-order valence-corrected chi connectivity index (χ1v) is 9.28. The summed E-state index contributed by atoms with van der Waals surface area (Å²) in [7, 11) is 0. The zero-order chi connectivity index (χ0) is 19.8. The van der Waals surface area contributed by atoms with Crippen LogP contribution in [-0.2, 0) is 4.79 Å². The molecule has 8 heteroatoms. The molecule has 1 saturated heterocycles. The zero-order valence-corrected chi connectivity index (χ0v) is 15.6. The van der Waals surface area contributed by atoms with Gasteiger partial charge in [-0.3, -0.25) is 19.8 Å². The first-order chi connectivity index (χ1) is 13.6. The quantitative estimate of drug-likeness (QED) is 0.553. The van der Waals surface area contributed by atoms with Crippen LogP contribution in [0, 0.1) is 10.1 Å². The van der Waals surface area contributed by atoms with Crippen LogP contribution in [0.25, 0.3) is 0 Å². The first kappa shape index (κ1) is 19.6. The molecule has 0 saturated carbocycles. The Bertz CT molecular complexity index is 775. The topological polar surface area (TPSA) is 87.9 Å². The van der Waals surface area contributed by atoms with Gasteiger partial charge in [-0.2, -0.15) is 0 Å². The lowest BCUT2D eigenvalue weighted by molar-refractivity contribution is -0.384. The van der Waals surface area contributed by atoms with Crippen LogP contribution in [0.1, 0.15) is 0 Å². The third kappa shape index (κ3) is 5.68. The van der Waals surface area contributed by atoms with Crippen LogP contribution >= 0.6 is 0 Å². The van der Waals surface area contributed by atoms with E-state index >= 15 is 0 Å². The molecule has 28 heavy (non-hydrogen) atoms. The summed E-state index contributed by atoms with van der Waals surface area (Å²) in [6.07, 6.45) is 0. The van der Waals surface area contributed by atoms with Gasteiger partial charge >= 0.3 is 0 Å². The third-order valence-corrected chi connectivity index (χ3v) is 4.66. The van der Waals surface area contributed by atoms with Gasteiger partial charge in [0, 0.05) is 57.1 Å². The smallest absolute Gasteiger partial charge is 0.269 e. The molecule has 2 aromatic carbocycles. The molecule has 2 aromatic rings. The molecule has 1 aliphatic rings. The number of nitro benzene ring substituents is 1. The van der Waals surface area contributed by atoms with Crippen molar-refractivity contribution in [3.8, 4) is 5.75 Å². The van der Waals surface area contributed by atoms with Gasteiger partial charge in [-0.05, 0) is 24.3 Å². The average molecular weight is 384 g/mol. The highest BCUT2D eigenvalue weighted by Gasteiger charge is 2.16. The molecule has 1 heterocycles. The fourth-order valence-electron chi connectivity index (χ4n) is 3.09. The van der Waals surface area contributed by atoms with E-state index in [1.807, 2.05) is 6.07 Å². The number of hydrogen-bond acceptors (Lipinski definition) is 6. The van der Waals surface area contributed by atoms with E-state index in [9.17, 15) is 14.9 Å². The molecule has 0 radical (unpaired) electrons. The number of para-hydroxylation sites is 1. The number of non-ortho nitro benzene ring substituents is 1. The summed E-state index contributed by atoms with van der Waals surface area (Å²) in [6.45, 7) is 5.12.